The van der Waals surface area contributed by atoms with Gasteiger partial charge in [-0.3, -0.25) is 0 Å². The molecule has 0 aliphatic rings. The number of nitrogens with one attached hydrogen (secondary N) is 2. The van der Waals surface area contributed by atoms with Crippen LogP contribution in [0.25, 0.3) is 5.95 Å². The fourth-order valence-electron chi connectivity index (χ4n) is 1.51. The largest absolute Gasteiger partial charge is 0.354 e. The van der Waals surface area contributed by atoms with Crippen LogP contribution in [-0.4, -0.2) is 37.8 Å². The van der Waals surface area contributed by atoms with E-state index in [0.29, 0.717) is 17.8 Å². The molecule has 0 amide bonds. The van der Waals surface area contributed by atoms with Gasteiger partial charge in [0.15, 0.2) is 0 Å². The molecule has 0 fully saturated rings. The van der Waals surface area contributed by atoms with Crippen molar-refractivity contribution >= 4 is 11.9 Å². The van der Waals surface area contributed by atoms with E-state index in [0.717, 1.165) is 13.1 Å². The minimum atomic E-state index is 0.150. The lowest BCUT2D eigenvalue weighted by atomic mass is 9.97. The van der Waals surface area contributed by atoms with Crippen LogP contribution in [0.2, 0.25) is 0 Å². The lowest BCUT2D eigenvalue weighted by Crippen LogP contribution is -2.21. The summed E-state index contributed by atoms with van der Waals surface area (Å²) in [5.41, 5.74) is 0.150. The monoisotopic (exact) mass is 275 g/mol. The Hall–Kier alpha value is -2.18. The summed E-state index contributed by atoms with van der Waals surface area (Å²) in [5.74, 6) is 1.60. The molecule has 7 heteroatoms. The summed E-state index contributed by atoms with van der Waals surface area (Å²) in [6.07, 6.45) is 3.50. The predicted octanol–water partition coefficient (Wildman–Crippen LogP) is 1.95. The van der Waals surface area contributed by atoms with Crippen LogP contribution >= 0.6 is 0 Å². The van der Waals surface area contributed by atoms with Crippen LogP contribution in [0.4, 0.5) is 11.9 Å². The van der Waals surface area contributed by atoms with Crippen LogP contribution < -0.4 is 10.6 Å². The summed E-state index contributed by atoms with van der Waals surface area (Å²) in [7, 11) is 0. The fourth-order valence-corrected chi connectivity index (χ4v) is 1.51. The van der Waals surface area contributed by atoms with Crippen molar-refractivity contribution in [2.75, 3.05) is 23.7 Å². The van der Waals surface area contributed by atoms with Gasteiger partial charge in [-0.25, -0.2) is 4.68 Å². The minimum Gasteiger partial charge on any atom is -0.354 e. The van der Waals surface area contributed by atoms with E-state index in [1.54, 1.807) is 17.1 Å². The maximum atomic E-state index is 4.39. The van der Waals surface area contributed by atoms with Gasteiger partial charge in [-0.2, -0.15) is 20.1 Å². The second kappa shape index (κ2) is 5.85. The molecule has 0 aliphatic heterocycles. The van der Waals surface area contributed by atoms with E-state index in [4.69, 9.17) is 0 Å². The van der Waals surface area contributed by atoms with Crippen LogP contribution in [0.3, 0.4) is 0 Å². The maximum Gasteiger partial charge on any atom is 0.257 e. The van der Waals surface area contributed by atoms with E-state index in [1.165, 1.54) is 0 Å². The Balaban J connectivity index is 2.26. The molecule has 0 radical (unpaired) electrons. The average molecular weight is 275 g/mol. The number of rotatable bonds is 5. The molecule has 0 bridgehead atoms. The SMILES string of the molecule is CCNc1nc(NCC(C)(C)C)nc(-n2cccn2)n1. The first-order valence-corrected chi connectivity index (χ1v) is 6.72. The zero-order chi connectivity index (χ0) is 14.6. The molecule has 0 saturated heterocycles. The fraction of sp³-hybridized carbons (Fsp3) is 0.538. The Morgan fingerprint density at radius 2 is 1.80 bits per heavy atom. The first-order chi connectivity index (χ1) is 9.48. The van der Waals surface area contributed by atoms with Crippen molar-refractivity contribution in [2.24, 2.45) is 5.41 Å². The van der Waals surface area contributed by atoms with Gasteiger partial charge in [0, 0.05) is 25.5 Å². The molecule has 0 atom stereocenters. The van der Waals surface area contributed by atoms with Crippen molar-refractivity contribution < 1.29 is 0 Å². The zero-order valence-corrected chi connectivity index (χ0v) is 12.4. The third kappa shape index (κ3) is 3.91. The Bertz CT molecular complexity index is 542. The molecule has 2 aromatic heterocycles. The van der Waals surface area contributed by atoms with E-state index in [9.17, 15) is 0 Å². The standard InChI is InChI=1S/C13H21N7/c1-5-14-10-17-11(15-9-13(2,3)4)19-12(18-10)20-8-6-7-16-20/h6-8H,5,9H2,1-4H3,(H2,14,15,17,18,19). The summed E-state index contributed by atoms with van der Waals surface area (Å²) in [6, 6.07) is 1.83. The zero-order valence-electron chi connectivity index (χ0n) is 12.4. The summed E-state index contributed by atoms with van der Waals surface area (Å²) >= 11 is 0. The van der Waals surface area contributed by atoms with Gasteiger partial charge in [0.2, 0.25) is 11.9 Å². The van der Waals surface area contributed by atoms with Gasteiger partial charge in [-0.15, -0.1) is 0 Å². The molecule has 0 saturated carbocycles. The lowest BCUT2D eigenvalue weighted by molar-refractivity contribution is 0.441. The summed E-state index contributed by atoms with van der Waals surface area (Å²) in [4.78, 5) is 13.1. The highest BCUT2D eigenvalue weighted by Gasteiger charge is 2.12. The highest BCUT2D eigenvalue weighted by molar-refractivity contribution is 5.37. The number of nitrogens with zero attached hydrogens (tertiary/aromatic N) is 5. The van der Waals surface area contributed by atoms with Gasteiger partial charge < -0.3 is 10.6 Å². The first kappa shape index (κ1) is 14.2. The van der Waals surface area contributed by atoms with Crippen LogP contribution in [0.15, 0.2) is 18.5 Å². The molecule has 2 heterocycles. The molecule has 0 spiro atoms. The molecule has 2 aromatic rings. The molecule has 2 rings (SSSR count). The van der Waals surface area contributed by atoms with Crippen LogP contribution in [0.1, 0.15) is 27.7 Å². The highest BCUT2D eigenvalue weighted by Crippen LogP contribution is 2.14. The average Bonchev–Trinajstić information content (AvgIpc) is 2.89. The Morgan fingerprint density at radius 3 is 2.35 bits per heavy atom. The molecular formula is C13H21N7. The Kier molecular flexibility index (Phi) is 4.16. The number of hydrogen-bond donors (Lipinski definition) is 2. The second-order valence-electron chi connectivity index (χ2n) is 5.68. The first-order valence-electron chi connectivity index (χ1n) is 6.72. The Labute approximate surface area is 118 Å². The molecule has 108 valence electrons. The van der Waals surface area contributed by atoms with Crippen molar-refractivity contribution in [2.45, 2.75) is 27.7 Å². The third-order valence-electron chi connectivity index (χ3n) is 2.44. The van der Waals surface area contributed by atoms with Crippen molar-refractivity contribution in [1.29, 1.82) is 0 Å². The smallest absolute Gasteiger partial charge is 0.257 e. The van der Waals surface area contributed by atoms with Gasteiger partial charge in [0.1, 0.15) is 0 Å². The van der Waals surface area contributed by atoms with Crippen LogP contribution in [0.5, 0.6) is 0 Å². The van der Waals surface area contributed by atoms with Crippen molar-refractivity contribution in [1.82, 2.24) is 24.7 Å². The van der Waals surface area contributed by atoms with Gasteiger partial charge in [0.25, 0.3) is 5.95 Å². The number of anilines is 2. The highest BCUT2D eigenvalue weighted by atomic mass is 15.4. The quantitative estimate of drug-likeness (QED) is 0.868. The van der Waals surface area contributed by atoms with Gasteiger partial charge in [-0.05, 0) is 18.4 Å². The van der Waals surface area contributed by atoms with E-state index in [2.05, 4.69) is 51.5 Å². The topological polar surface area (TPSA) is 80.5 Å². The van der Waals surface area contributed by atoms with Crippen molar-refractivity contribution in [3.05, 3.63) is 18.5 Å². The molecule has 0 aromatic carbocycles. The summed E-state index contributed by atoms with van der Waals surface area (Å²) in [6.45, 7) is 9.99. The van der Waals surface area contributed by atoms with Crippen molar-refractivity contribution in [3.63, 3.8) is 0 Å². The second-order valence-corrected chi connectivity index (χ2v) is 5.68. The van der Waals surface area contributed by atoms with Gasteiger partial charge in [-0.1, -0.05) is 20.8 Å². The van der Waals surface area contributed by atoms with E-state index in [-0.39, 0.29) is 5.41 Å². The maximum absolute atomic E-state index is 4.39. The normalized spacial score (nSPS) is 11.4. The summed E-state index contributed by atoms with van der Waals surface area (Å²) in [5, 5.41) is 10.5. The molecular weight excluding hydrogens is 254 g/mol. The van der Waals surface area contributed by atoms with E-state index in [1.807, 2.05) is 13.0 Å². The van der Waals surface area contributed by atoms with Crippen LogP contribution in [0, 0.1) is 5.41 Å². The lowest BCUT2D eigenvalue weighted by Gasteiger charge is -2.19. The molecule has 20 heavy (non-hydrogen) atoms. The summed E-state index contributed by atoms with van der Waals surface area (Å²) < 4.78 is 1.62. The minimum absolute atomic E-state index is 0.150. The molecule has 7 nitrogen and oxygen atoms in total. The predicted molar refractivity (Wildman–Crippen MR) is 79.1 cm³/mol. The van der Waals surface area contributed by atoms with E-state index >= 15 is 0 Å². The molecule has 0 aliphatic carbocycles. The number of aromatic nitrogens is 5. The third-order valence-corrected chi connectivity index (χ3v) is 2.44. The van der Waals surface area contributed by atoms with Gasteiger partial charge in [0.05, 0.1) is 0 Å². The molecule has 0 unspecified atom stereocenters. The van der Waals surface area contributed by atoms with Gasteiger partial charge >= 0.3 is 0 Å². The van der Waals surface area contributed by atoms with E-state index < -0.39 is 0 Å². The van der Waals surface area contributed by atoms with Crippen LogP contribution in [-0.2, 0) is 0 Å². The van der Waals surface area contributed by atoms with Crippen molar-refractivity contribution in [3.8, 4) is 5.95 Å². The number of hydrogen-bond acceptors (Lipinski definition) is 6. The molecule has 2 N–H and O–H groups in total. The Morgan fingerprint density at radius 1 is 1.10 bits per heavy atom.